The first-order valence-electron chi connectivity index (χ1n) is 5.53. The zero-order chi connectivity index (χ0) is 10.7. The minimum absolute atomic E-state index is 0.114. The highest BCUT2D eigenvalue weighted by molar-refractivity contribution is 5.25. The Morgan fingerprint density at radius 3 is 2.87 bits per heavy atom. The predicted octanol–water partition coefficient (Wildman–Crippen LogP) is 1.82. The molecule has 0 saturated carbocycles. The van der Waals surface area contributed by atoms with Gasteiger partial charge in [-0.1, -0.05) is 0 Å². The molecule has 0 radical (unpaired) electrons. The molecule has 0 bridgehead atoms. The van der Waals surface area contributed by atoms with E-state index in [2.05, 4.69) is 11.9 Å². The Balaban J connectivity index is 2.12. The number of hydrogen-bond acceptors (Lipinski definition) is 3. The Morgan fingerprint density at radius 2 is 2.20 bits per heavy atom. The SMILES string of the molecule is Cc1ccncc1C(N)C1CCOCC1. The molecule has 2 N–H and O–H groups in total. The van der Waals surface area contributed by atoms with Crippen molar-refractivity contribution in [2.45, 2.75) is 25.8 Å². The van der Waals surface area contributed by atoms with Gasteiger partial charge in [0.25, 0.3) is 0 Å². The van der Waals surface area contributed by atoms with Crippen molar-refractivity contribution in [2.24, 2.45) is 11.7 Å². The van der Waals surface area contributed by atoms with Crippen molar-refractivity contribution in [3.05, 3.63) is 29.6 Å². The van der Waals surface area contributed by atoms with Crippen LogP contribution in [0.15, 0.2) is 18.5 Å². The van der Waals surface area contributed by atoms with E-state index in [1.54, 1.807) is 0 Å². The first-order valence-corrected chi connectivity index (χ1v) is 5.53. The molecule has 3 heteroatoms. The first kappa shape index (κ1) is 10.6. The van der Waals surface area contributed by atoms with Crippen LogP contribution in [-0.4, -0.2) is 18.2 Å². The normalized spacial score (nSPS) is 20.1. The third-order valence-electron chi connectivity index (χ3n) is 3.21. The van der Waals surface area contributed by atoms with E-state index in [-0.39, 0.29) is 6.04 Å². The third-order valence-corrected chi connectivity index (χ3v) is 3.21. The van der Waals surface area contributed by atoms with Gasteiger partial charge in [0, 0.05) is 31.6 Å². The predicted molar refractivity (Wildman–Crippen MR) is 59.4 cm³/mol. The van der Waals surface area contributed by atoms with Gasteiger partial charge in [0.15, 0.2) is 0 Å². The average molecular weight is 206 g/mol. The van der Waals surface area contributed by atoms with E-state index in [1.165, 1.54) is 11.1 Å². The number of hydrogen-bond donors (Lipinski definition) is 1. The summed E-state index contributed by atoms with van der Waals surface area (Å²) in [6.45, 7) is 3.78. The molecule has 1 unspecified atom stereocenters. The molecule has 3 nitrogen and oxygen atoms in total. The maximum Gasteiger partial charge on any atom is 0.0469 e. The minimum Gasteiger partial charge on any atom is -0.381 e. The molecule has 1 aliphatic rings. The molecule has 1 aliphatic heterocycles. The van der Waals surface area contributed by atoms with Crippen LogP contribution in [-0.2, 0) is 4.74 Å². The summed E-state index contributed by atoms with van der Waals surface area (Å²) in [5.41, 5.74) is 8.70. The molecule has 0 aromatic carbocycles. The second-order valence-corrected chi connectivity index (χ2v) is 4.21. The summed E-state index contributed by atoms with van der Waals surface area (Å²) >= 11 is 0. The first-order chi connectivity index (χ1) is 7.29. The number of ether oxygens (including phenoxy) is 1. The van der Waals surface area contributed by atoms with E-state index in [0.717, 1.165) is 26.1 Å². The number of rotatable bonds is 2. The Bertz CT molecular complexity index is 321. The van der Waals surface area contributed by atoms with Gasteiger partial charge < -0.3 is 10.5 Å². The van der Waals surface area contributed by atoms with E-state index in [4.69, 9.17) is 10.5 Å². The van der Waals surface area contributed by atoms with Crippen LogP contribution in [0.4, 0.5) is 0 Å². The van der Waals surface area contributed by atoms with Crippen LogP contribution in [0, 0.1) is 12.8 Å². The molecule has 0 amide bonds. The van der Waals surface area contributed by atoms with Crippen LogP contribution in [0.1, 0.15) is 30.0 Å². The van der Waals surface area contributed by atoms with E-state index in [9.17, 15) is 0 Å². The van der Waals surface area contributed by atoms with Crippen molar-refractivity contribution >= 4 is 0 Å². The molecule has 0 spiro atoms. The maximum atomic E-state index is 6.28. The summed E-state index contributed by atoms with van der Waals surface area (Å²) in [6.07, 6.45) is 5.84. The highest BCUT2D eigenvalue weighted by atomic mass is 16.5. The van der Waals surface area contributed by atoms with Crippen LogP contribution in [0.2, 0.25) is 0 Å². The lowest BCUT2D eigenvalue weighted by molar-refractivity contribution is 0.0583. The summed E-state index contributed by atoms with van der Waals surface area (Å²) in [5.74, 6) is 0.543. The lowest BCUT2D eigenvalue weighted by Gasteiger charge is -2.28. The number of aromatic nitrogens is 1. The molecular formula is C12H18N2O. The molecule has 1 saturated heterocycles. The smallest absolute Gasteiger partial charge is 0.0469 e. The Kier molecular flexibility index (Phi) is 3.34. The van der Waals surface area contributed by atoms with Gasteiger partial charge >= 0.3 is 0 Å². The summed E-state index contributed by atoms with van der Waals surface area (Å²) in [4.78, 5) is 4.15. The third kappa shape index (κ3) is 2.36. The molecule has 2 heterocycles. The van der Waals surface area contributed by atoms with E-state index < -0.39 is 0 Å². The van der Waals surface area contributed by atoms with Crippen molar-refractivity contribution in [3.8, 4) is 0 Å². The maximum absolute atomic E-state index is 6.28. The summed E-state index contributed by atoms with van der Waals surface area (Å²) in [5, 5.41) is 0. The van der Waals surface area contributed by atoms with E-state index in [1.807, 2.05) is 18.5 Å². The topological polar surface area (TPSA) is 48.1 Å². The zero-order valence-electron chi connectivity index (χ0n) is 9.15. The summed E-state index contributed by atoms with van der Waals surface area (Å²) in [7, 11) is 0. The van der Waals surface area contributed by atoms with Crippen molar-refractivity contribution < 1.29 is 4.74 Å². The van der Waals surface area contributed by atoms with Gasteiger partial charge in [-0.2, -0.15) is 0 Å². The van der Waals surface area contributed by atoms with E-state index >= 15 is 0 Å². The van der Waals surface area contributed by atoms with Gasteiger partial charge in [-0.05, 0) is 42.9 Å². The largest absolute Gasteiger partial charge is 0.381 e. The zero-order valence-corrected chi connectivity index (χ0v) is 9.15. The van der Waals surface area contributed by atoms with Crippen molar-refractivity contribution in [2.75, 3.05) is 13.2 Å². The monoisotopic (exact) mass is 206 g/mol. The molecule has 1 fully saturated rings. The quantitative estimate of drug-likeness (QED) is 0.803. The lowest BCUT2D eigenvalue weighted by atomic mass is 9.87. The van der Waals surface area contributed by atoms with Gasteiger partial charge in [-0.3, -0.25) is 4.98 Å². The number of aryl methyl sites for hydroxylation is 1. The molecule has 0 aliphatic carbocycles. The van der Waals surface area contributed by atoms with Crippen molar-refractivity contribution in [1.29, 1.82) is 0 Å². The Morgan fingerprint density at radius 1 is 1.47 bits per heavy atom. The van der Waals surface area contributed by atoms with Crippen LogP contribution < -0.4 is 5.73 Å². The minimum atomic E-state index is 0.114. The average Bonchev–Trinajstić information content (AvgIpc) is 2.30. The fourth-order valence-electron chi connectivity index (χ4n) is 2.15. The highest BCUT2D eigenvalue weighted by Crippen LogP contribution is 2.28. The Hall–Kier alpha value is -0.930. The van der Waals surface area contributed by atoms with Crippen LogP contribution in [0.25, 0.3) is 0 Å². The molecule has 82 valence electrons. The second-order valence-electron chi connectivity index (χ2n) is 4.21. The Labute approximate surface area is 90.7 Å². The molecule has 2 rings (SSSR count). The highest BCUT2D eigenvalue weighted by Gasteiger charge is 2.23. The molecule has 1 aromatic heterocycles. The van der Waals surface area contributed by atoms with Crippen LogP contribution in [0.5, 0.6) is 0 Å². The molecule has 1 aromatic rings. The molecule has 1 atom stereocenters. The summed E-state index contributed by atoms with van der Waals surface area (Å²) in [6, 6.07) is 2.14. The van der Waals surface area contributed by atoms with Crippen LogP contribution >= 0.6 is 0 Å². The summed E-state index contributed by atoms with van der Waals surface area (Å²) < 4.78 is 5.34. The van der Waals surface area contributed by atoms with Gasteiger partial charge in [0.05, 0.1) is 0 Å². The fourth-order valence-corrected chi connectivity index (χ4v) is 2.15. The fraction of sp³-hybridized carbons (Fsp3) is 0.583. The number of nitrogens with zero attached hydrogens (tertiary/aromatic N) is 1. The van der Waals surface area contributed by atoms with Gasteiger partial charge in [-0.15, -0.1) is 0 Å². The standard InChI is InChI=1S/C12H18N2O/c1-9-2-5-14-8-11(9)12(13)10-3-6-15-7-4-10/h2,5,8,10,12H,3-4,6-7,13H2,1H3. The van der Waals surface area contributed by atoms with Crippen molar-refractivity contribution in [3.63, 3.8) is 0 Å². The van der Waals surface area contributed by atoms with Crippen molar-refractivity contribution in [1.82, 2.24) is 4.98 Å². The molecular weight excluding hydrogens is 188 g/mol. The van der Waals surface area contributed by atoms with E-state index in [0.29, 0.717) is 5.92 Å². The molecule has 15 heavy (non-hydrogen) atoms. The lowest BCUT2D eigenvalue weighted by Crippen LogP contribution is -2.28. The van der Waals surface area contributed by atoms with Gasteiger partial charge in [-0.25, -0.2) is 0 Å². The van der Waals surface area contributed by atoms with Gasteiger partial charge in [0.2, 0.25) is 0 Å². The number of pyridine rings is 1. The second kappa shape index (κ2) is 4.73. The number of nitrogens with two attached hydrogens (primary N) is 1. The van der Waals surface area contributed by atoms with Gasteiger partial charge in [0.1, 0.15) is 0 Å². The van der Waals surface area contributed by atoms with Crippen LogP contribution in [0.3, 0.4) is 0 Å².